The third-order valence-electron chi connectivity index (χ3n) is 5.18. The van der Waals surface area contributed by atoms with Crippen LogP contribution in [0.4, 0.5) is 5.69 Å². The van der Waals surface area contributed by atoms with Gasteiger partial charge in [0, 0.05) is 25.3 Å². The maximum absolute atomic E-state index is 12.7. The molecule has 29 heavy (non-hydrogen) atoms. The molecule has 1 atom stereocenters. The quantitative estimate of drug-likeness (QED) is 0.794. The third-order valence-corrected chi connectivity index (χ3v) is 5.18. The van der Waals surface area contributed by atoms with Crippen LogP contribution in [0.5, 0.6) is 5.75 Å². The van der Waals surface area contributed by atoms with E-state index in [1.54, 1.807) is 6.92 Å². The summed E-state index contributed by atoms with van der Waals surface area (Å²) in [6, 6.07) is 15.9. The Labute approximate surface area is 174 Å². The van der Waals surface area contributed by atoms with Crippen molar-refractivity contribution in [3.8, 4) is 5.75 Å². The fraction of sp³-hybridized carbons (Fsp3) is 0.458. The standard InChI is InChI=1S/C24H32N2O3/c1-18(29-21-11-9-20(10-12-21)24(2,3)4)23(27)25-22-8-6-5-7-19(22)17-26-13-15-28-16-14-26/h5-12,18H,13-17H2,1-4H3,(H,25,27). The van der Waals surface area contributed by atoms with Crippen LogP contribution in [-0.2, 0) is 21.5 Å². The normalized spacial score (nSPS) is 16.3. The molecular formula is C24H32N2O3. The first-order valence-electron chi connectivity index (χ1n) is 10.3. The summed E-state index contributed by atoms with van der Waals surface area (Å²) < 4.78 is 11.3. The minimum Gasteiger partial charge on any atom is -0.481 e. The van der Waals surface area contributed by atoms with Crippen LogP contribution in [-0.4, -0.2) is 43.2 Å². The van der Waals surface area contributed by atoms with E-state index < -0.39 is 6.10 Å². The number of anilines is 1. The molecule has 0 saturated carbocycles. The molecule has 1 heterocycles. The highest BCUT2D eigenvalue weighted by Gasteiger charge is 2.19. The minimum atomic E-state index is -0.591. The molecule has 0 bridgehead atoms. The summed E-state index contributed by atoms with van der Waals surface area (Å²) in [5.41, 5.74) is 3.26. The Balaban J connectivity index is 1.61. The number of ether oxygens (including phenoxy) is 2. The number of nitrogens with one attached hydrogen (secondary N) is 1. The van der Waals surface area contributed by atoms with E-state index in [-0.39, 0.29) is 11.3 Å². The summed E-state index contributed by atoms with van der Waals surface area (Å²) in [5.74, 6) is 0.543. The molecule has 2 aromatic rings. The molecule has 1 fully saturated rings. The van der Waals surface area contributed by atoms with Crippen LogP contribution < -0.4 is 10.1 Å². The average Bonchev–Trinajstić information content (AvgIpc) is 2.70. The number of morpholine rings is 1. The van der Waals surface area contributed by atoms with E-state index in [2.05, 4.69) is 49.2 Å². The van der Waals surface area contributed by atoms with Crippen LogP contribution in [0.25, 0.3) is 0 Å². The zero-order valence-electron chi connectivity index (χ0n) is 17.9. The second-order valence-corrected chi connectivity index (χ2v) is 8.57. The van der Waals surface area contributed by atoms with Gasteiger partial charge in [0.2, 0.25) is 0 Å². The van der Waals surface area contributed by atoms with E-state index in [0.717, 1.165) is 44.1 Å². The first-order valence-corrected chi connectivity index (χ1v) is 10.3. The summed E-state index contributed by atoms with van der Waals surface area (Å²) >= 11 is 0. The molecule has 0 aliphatic carbocycles. The smallest absolute Gasteiger partial charge is 0.265 e. The molecule has 3 rings (SSSR count). The van der Waals surface area contributed by atoms with Crippen molar-refractivity contribution < 1.29 is 14.3 Å². The zero-order valence-corrected chi connectivity index (χ0v) is 17.9. The molecule has 5 nitrogen and oxygen atoms in total. The third kappa shape index (κ3) is 6.05. The van der Waals surface area contributed by atoms with Gasteiger partial charge in [0.25, 0.3) is 5.91 Å². The van der Waals surface area contributed by atoms with Gasteiger partial charge < -0.3 is 14.8 Å². The van der Waals surface area contributed by atoms with Crippen LogP contribution in [0.1, 0.15) is 38.8 Å². The highest BCUT2D eigenvalue weighted by atomic mass is 16.5. The number of carbonyl (C=O) groups is 1. The van der Waals surface area contributed by atoms with Crippen LogP contribution >= 0.6 is 0 Å². The number of rotatable bonds is 6. The maximum Gasteiger partial charge on any atom is 0.265 e. The first kappa shape index (κ1) is 21.3. The van der Waals surface area contributed by atoms with E-state index >= 15 is 0 Å². The van der Waals surface area contributed by atoms with Gasteiger partial charge in [-0.1, -0.05) is 51.1 Å². The molecule has 0 spiro atoms. The lowest BCUT2D eigenvalue weighted by Gasteiger charge is -2.27. The monoisotopic (exact) mass is 396 g/mol. The number of para-hydroxylation sites is 1. The largest absolute Gasteiger partial charge is 0.481 e. The fourth-order valence-corrected chi connectivity index (χ4v) is 3.31. The minimum absolute atomic E-state index is 0.0890. The van der Waals surface area contributed by atoms with Crippen LogP contribution in [0.15, 0.2) is 48.5 Å². The zero-order chi connectivity index (χ0) is 20.9. The van der Waals surface area contributed by atoms with Crippen molar-refractivity contribution in [1.29, 1.82) is 0 Å². The number of amides is 1. The summed E-state index contributed by atoms with van der Waals surface area (Å²) in [6.45, 7) is 12.4. The van der Waals surface area contributed by atoms with Gasteiger partial charge in [-0.25, -0.2) is 0 Å². The Morgan fingerprint density at radius 1 is 1.10 bits per heavy atom. The molecule has 1 aliphatic heterocycles. The van der Waals surface area contributed by atoms with Gasteiger partial charge in [-0.15, -0.1) is 0 Å². The van der Waals surface area contributed by atoms with E-state index in [0.29, 0.717) is 5.75 Å². The van der Waals surface area contributed by atoms with E-state index in [4.69, 9.17) is 9.47 Å². The van der Waals surface area contributed by atoms with Crippen molar-refractivity contribution in [2.75, 3.05) is 31.6 Å². The van der Waals surface area contributed by atoms with Gasteiger partial charge >= 0.3 is 0 Å². The van der Waals surface area contributed by atoms with Crippen molar-refractivity contribution in [3.05, 3.63) is 59.7 Å². The molecule has 1 saturated heterocycles. The van der Waals surface area contributed by atoms with Gasteiger partial charge in [0.05, 0.1) is 13.2 Å². The van der Waals surface area contributed by atoms with Gasteiger partial charge in [0.15, 0.2) is 6.10 Å². The van der Waals surface area contributed by atoms with Crippen molar-refractivity contribution in [3.63, 3.8) is 0 Å². The molecule has 1 amide bonds. The lowest BCUT2D eigenvalue weighted by molar-refractivity contribution is -0.122. The van der Waals surface area contributed by atoms with Crippen molar-refractivity contribution >= 4 is 11.6 Å². The number of hydrogen-bond acceptors (Lipinski definition) is 4. The predicted molar refractivity (Wildman–Crippen MR) is 116 cm³/mol. The Kier molecular flexibility index (Phi) is 6.93. The Morgan fingerprint density at radius 2 is 1.76 bits per heavy atom. The summed E-state index contributed by atoms with van der Waals surface area (Å²) in [5, 5.41) is 3.03. The molecular weight excluding hydrogens is 364 g/mol. The van der Waals surface area contributed by atoms with E-state index in [9.17, 15) is 4.79 Å². The lowest BCUT2D eigenvalue weighted by Crippen LogP contribution is -2.36. The molecule has 0 radical (unpaired) electrons. The second kappa shape index (κ2) is 9.42. The molecule has 156 valence electrons. The Morgan fingerprint density at radius 3 is 2.41 bits per heavy atom. The lowest BCUT2D eigenvalue weighted by atomic mass is 9.87. The Bertz CT molecular complexity index is 806. The van der Waals surface area contributed by atoms with Gasteiger partial charge in [-0.05, 0) is 41.7 Å². The molecule has 1 aliphatic rings. The molecule has 2 aromatic carbocycles. The number of benzene rings is 2. The van der Waals surface area contributed by atoms with E-state index in [1.165, 1.54) is 5.56 Å². The summed E-state index contributed by atoms with van der Waals surface area (Å²) in [4.78, 5) is 15.1. The first-order chi connectivity index (χ1) is 13.8. The molecule has 0 aromatic heterocycles. The summed E-state index contributed by atoms with van der Waals surface area (Å²) in [6.07, 6.45) is -0.591. The second-order valence-electron chi connectivity index (χ2n) is 8.57. The van der Waals surface area contributed by atoms with Crippen LogP contribution in [0.2, 0.25) is 0 Å². The van der Waals surface area contributed by atoms with Gasteiger partial charge in [-0.2, -0.15) is 0 Å². The fourth-order valence-electron chi connectivity index (χ4n) is 3.31. The van der Waals surface area contributed by atoms with Crippen LogP contribution in [0, 0.1) is 0 Å². The SMILES string of the molecule is CC(Oc1ccc(C(C)(C)C)cc1)C(=O)Nc1ccccc1CN1CCOCC1. The molecule has 1 N–H and O–H groups in total. The van der Waals surface area contributed by atoms with E-state index in [1.807, 2.05) is 30.3 Å². The molecule has 5 heteroatoms. The topological polar surface area (TPSA) is 50.8 Å². The van der Waals surface area contributed by atoms with Crippen LogP contribution in [0.3, 0.4) is 0 Å². The maximum atomic E-state index is 12.7. The molecule has 1 unspecified atom stereocenters. The predicted octanol–water partition coefficient (Wildman–Crippen LogP) is 4.22. The van der Waals surface area contributed by atoms with Crippen molar-refractivity contribution in [1.82, 2.24) is 4.90 Å². The highest BCUT2D eigenvalue weighted by Crippen LogP contribution is 2.25. The number of hydrogen-bond donors (Lipinski definition) is 1. The average molecular weight is 397 g/mol. The van der Waals surface area contributed by atoms with Crippen molar-refractivity contribution in [2.45, 2.75) is 45.8 Å². The van der Waals surface area contributed by atoms with Crippen molar-refractivity contribution in [2.24, 2.45) is 0 Å². The Hall–Kier alpha value is -2.37. The van der Waals surface area contributed by atoms with Gasteiger partial charge in [0.1, 0.15) is 5.75 Å². The summed E-state index contributed by atoms with van der Waals surface area (Å²) in [7, 11) is 0. The van der Waals surface area contributed by atoms with Gasteiger partial charge in [-0.3, -0.25) is 9.69 Å². The number of nitrogens with zero attached hydrogens (tertiary/aromatic N) is 1. The highest BCUT2D eigenvalue weighted by molar-refractivity contribution is 5.94. The number of carbonyl (C=O) groups excluding carboxylic acids is 1.